The van der Waals surface area contributed by atoms with E-state index in [1.54, 1.807) is 38.1 Å². The highest BCUT2D eigenvalue weighted by atomic mass is 19.4. The minimum absolute atomic E-state index is 0.00735. The number of alkyl halides is 3. The van der Waals surface area contributed by atoms with E-state index in [1.807, 2.05) is 0 Å². The second kappa shape index (κ2) is 9.03. The number of carbonyl (C=O) groups is 2. The molecule has 1 amide bonds. The van der Waals surface area contributed by atoms with Gasteiger partial charge in [-0.05, 0) is 43.3 Å². The number of carbonyl (C=O) groups excluding carboxylic acids is 2. The van der Waals surface area contributed by atoms with Crippen molar-refractivity contribution in [3.8, 4) is 11.4 Å². The van der Waals surface area contributed by atoms with E-state index in [-0.39, 0.29) is 23.9 Å². The van der Waals surface area contributed by atoms with E-state index in [1.165, 1.54) is 24.3 Å². The minimum atomic E-state index is -4.58. The lowest BCUT2D eigenvalue weighted by Gasteiger charge is -2.15. The number of nitrogens with one attached hydrogen (secondary N) is 1. The minimum Gasteiger partial charge on any atom is -0.484 e. The number of rotatable bonds is 7. The molecule has 0 unspecified atom stereocenters. The first kappa shape index (κ1) is 22.1. The number of nitrogens with zero attached hydrogens (tertiary/aromatic N) is 2. The van der Waals surface area contributed by atoms with Crippen LogP contribution in [0.4, 0.5) is 19.0 Å². The molecule has 0 aliphatic carbocycles. The van der Waals surface area contributed by atoms with E-state index in [4.69, 9.17) is 4.74 Å². The van der Waals surface area contributed by atoms with Gasteiger partial charge in [0, 0.05) is 18.1 Å². The lowest BCUT2D eigenvalue weighted by atomic mass is 10.1. The molecule has 0 aliphatic rings. The molecule has 0 saturated heterocycles. The zero-order valence-corrected chi connectivity index (χ0v) is 16.9. The van der Waals surface area contributed by atoms with E-state index < -0.39 is 17.6 Å². The van der Waals surface area contributed by atoms with E-state index in [2.05, 4.69) is 10.4 Å². The largest absolute Gasteiger partial charge is 0.484 e. The van der Waals surface area contributed by atoms with Crippen LogP contribution in [0.25, 0.3) is 5.69 Å². The maximum Gasteiger partial charge on any atom is 0.418 e. The lowest BCUT2D eigenvalue weighted by molar-refractivity contribution is -0.137. The van der Waals surface area contributed by atoms with Crippen molar-refractivity contribution < 1.29 is 27.5 Å². The zero-order valence-electron chi connectivity index (χ0n) is 16.9. The van der Waals surface area contributed by atoms with Gasteiger partial charge in [-0.1, -0.05) is 19.1 Å². The van der Waals surface area contributed by atoms with Gasteiger partial charge in [-0.15, -0.1) is 0 Å². The Kier molecular flexibility index (Phi) is 6.43. The highest BCUT2D eigenvalue weighted by Crippen LogP contribution is 2.34. The SMILES string of the molecule is CCC(=O)c1ccc(OCC(=O)Nc2cc(C)nn2-c2ccccc2C(F)(F)F)cc1. The van der Waals surface area contributed by atoms with Crippen molar-refractivity contribution in [1.29, 1.82) is 0 Å². The molecule has 3 rings (SSSR count). The van der Waals surface area contributed by atoms with Crippen LogP contribution in [0.2, 0.25) is 0 Å². The van der Waals surface area contributed by atoms with Gasteiger partial charge in [-0.3, -0.25) is 9.59 Å². The Morgan fingerprint density at radius 1 is 1.10 bits per heavy atom. The van der Waals surface area contributed by atoms with Gasteiger partial charge < -0.3 is 10.1 Å². The topological polar surface area (TPSA) is 73.2 Å². The number of anilines is 1. The first-order valence-corrected chi connectivity index (χ1v) is 9.48. The number of benzene rings is 2. The summed E-state index contributed by atoms with van der Waals surface area (Å²) < 4.78 is 46.6. The maximum absolute atomic E-state index is 13.4. The third-order valence-corrected chi connectivity index (χ3v) is 4.40. The summed E-state index contributed by atoms with van der Waals surface area (Å²) in [6.45, 7) is 3.00. The fraction of sp³-hybridized carbons (Fsp3) is 0.227. The number of Topliss-reactive ketones (excluding diaryl/α,β-unsaturated/α-hetero) is 1. The molecule has 2 aromatic carbocycles. The third kappa shape index (κ3) is 5.30. The number of amides is 1. The van der Waals surface area contributed by atoms with Crippen LogP contribution < -0.4 is 10.1 Å². The number of para-hydroxylation sites is 1. The van der Waals surface area contributed by atoms with Crippen LogP contribution in [0.3, 0.4) is 0 Å². The van der Waals surface area contributed by atoms with Crippen LogP contribution >= 0.6 is 0 Å². The van der Waals surface area contributed by atoms with Crippen LogP contribution in [0.15, 0.2) is 54.6 Å². The Morgan fingerprint density at radius 3 is 2.42 bits per heavy atom. The van der Waals surface area contributed by atoms with Crippen LogP contribution in [-0.4, -0.2) is 28.1 Å². The van der Waals surface area contributed by atoms with Crippen molar-refractivity contribution >= 4 is 17.5 Å². The molecule has 0 radical (unpaired) electrons. The van der Waals surface area contributed by atoms with Crippen molar-refractivity contribution in [1.82, 2.24) is 9.78 Å². The van der Waals surface area contributed by atoms with Crippen molar-refractivity contribution in [2.24, 2.45) is 0 Å². The first-order chi connectivity index (χ1) is 14.7. The molecular formula is C22H20F3N3O3. The van der Waals surface area contributed by atoms with Gasteiger partial charge >= 0.3 is 6.18 Å². The summed E-state index contributed by atoms with van der Waals surface area (Å²) in [4.78, 5) is 24.0. The average molecular weight is 431 g/mol. The van der Waals surface area contributed by atoms with Crippen molar-refractivity contribution in [3.05, 3.63) is 71.4 Å². The number of ketones is 1. The molecule has 0 spiro atoms. The number of aryl methyl sites for hydroxylation is 1. The normalized spacial score (nSPS) is 11.3. The van der Waals surface area contributed by atoms with E-state index in [0.717, 1.165) is 10.7 Å². The Labute approximate surface area is 176 Å². The monoisotopic (exact) mass is 431 g/mol. The summed E-state index contributed by atoms with van der Waals surface area (Å²) in [5, 5.41) is 6.62. The molecule has 0 atom stereocenters. The highest BCUT2D eigenvalue weighted by molar-refractivity contribution is 5.96. The Hall–Kier alpha value is -3.62. The smallest absolute Gasteiger partial charge is 0.418 e. The van der Waals surface area contributed by atoms with E-state index in [9.17, 15) is 22.8 Å². The van der Waals surface area contributed by atoms with Gasteiger partial charge in [0.05, 0.1) is 16.9 Å². The van der Waals surface area contributed by atoms with Crippen molar-refractivity contribution in [2.45, 2.75) is 26.4 Å². The van der Waals surface area contributed by atoms with Gasteiger partial charge in [0.15, 0.2) is 12.4 Å². The summed E-state index contributed by atoms with van der Waals surface area (Å²) in [5.41, 5.74) is -0.0894. The Bertz CT molecular complexity index is 1090. The molecule has 3 aromatic rings. The number of halogens is 3. The number of ether oxygens (including phenoxy) is 1. The van der Waals surface area contributed by atoms with E-state index >= 15 is 0 Å². The standard InChI is InChI=1S/C22H20F3N3O3/c1-3-19(29)15-8-10-16(11-9-15)31-13-21(30)26-20-12-14(2)27-28(20)18-7-5-4-6-17(18)22(23,24)25/h4-12H,3,13H2,1-2H3,(H,26,30). The summed E-state index contributed by atoms with van der Waals surface area (Å²) in [6.07, 6.45) is -4.20. The Morgan fingerprint density at radius 2 is 1.77 bits per heavy atom. The zero-order chi connectivity index (χ0) is 22.6. The molecule has 0 fully saturated rings. The number of hydrogen-bond acceptors (Lipinski definition) is 4. The summed E-state index contributed by atoms with van der Waals surface area (Å²) in [6, 6.07) is 12.8. The van der Waals surface area contributed by atoms with Crippen LogP contribution in [0, 0.1) is 6.92 Å². The van der Waals surface area contributed by atoms with Crippen LogP contribution in [-0.2, 0) is 11.0 Å². The average Bonchev–Trinajstić information content (AvgIpc) is 3.11. The fourth-order valence-electron chi connectivity index (χ4n) is 2.94. The summed E-state index contributed by atoms with van der Waals surface area (Å²) in [5.74, 6) is -0.104. The van der Waals surface area contributed by atoms with Crippen LogP contribution in [0.1, 0.15) is 35.0 Å². The van der Waals surface area contributed by atoms with Gasteiger partial charge in [0.1, 0.15) is 11.6 Å². The molecule has 1 heterocycles. The van der Waals surface area contributed by atoms with Crippen molar-refractivity contribution in [2.75, 3.05) is 11.9 Å². The molecule has 0 aliphatic heterocycles. The lowest BCUT2D eigenvalue weighted by Crippen LogP contribution is -2.22. The molecule has 1 aromatic heterocycles. The number of hydrogen-bond donors (Lipinski definition) is 1. The van der Waals surface area contributed by atoms with Gasteiger partial charge in [-0.25, -0.2) is 4.68 Å². The molecule has 31 heavy (non-hydrogen) atoms. The molecule has 162 valence electrons. The van der Waals surface area contributed by atoms with Gasteiger partial charge in [0.25, 0.3) is 5.91 Å². The predicted molar refractivity (Wildman–Crippen MR) is 108 cm³/mol. The highest BCUT2D eigenvalue weighted by Gasteiger charge is 2.34. The van der Waals surface area contributed by atoms with Crippen LogP contribution in [0.5, 0.6) is 5.75 Å². The van der Waals surface area contributed by atoms with Crippen molar-refractivity contribution in [3.63, 3.8) is 0 Å². The third-order valence-electron chi connectivity index (χ3n) is 4.40. The second-order valence-electron chi connectivity index (χ2n) is 6.74. The number of aromatic nitrogens is 2. The molecule has 0 bridgehead atoms. The fourth-order valence-corrected chi connectivity index (χ4v) is 2.94. The second-order valence-corrected chi connectivity index (χ2v) is 6.74. The summed E-state index contributed by atoms with van der Waals surface area (Å²) in [7, 11) is 0. The molecule has 0 saturated carbocycles. The molecule has 9 heteroatoms. The first-order valence-electron chi connectivity index (χ1n) is 9.48. The Balaban J connectivity index is 1.73. The van der Waals surface area contributed by atoms with E-state index in [0.29, 0.717) is 23.4 Å². The van der Waals surface area contributed by atoms with Gasteiger partial charge in [-0.2, -0.15) is 18.3 Å². The molecular weight excluding hydrogens is 411 g/mol. The quantitative estimate of drug-likeness (QED) is 0.545. The van der Waals surface area contributed by atoms with Gasteiger partial charge in [0.2, 0.25) is 0 Å². The predicted octanol–water partition coefficient (Wildman–Crippen LogP) is 4.81. The molecule has 6 nitrogen and oxygen atoms in total. The maximum atomic E-state index is 13.4. The molecule has 1 N–H and O–H groups in total. The summed E-state index contributed by atoms with van der Waals surface area (Å²) >= 11 is 0.